The lowest BCUT2D eigenvalue weighted by molar-refractivity contribution is 0.681. The molecular weight excluding hydrogens is 352 g/mol. The number of hydrazone groups is 1. The third kappa shape index (κ3) is 5.07. The molecule has 3 rings (SSSR count). The first-order chi connectivity index (χ1) is 13.1. The summed E-state index contributed by atoms with van der Waals surface area (Å²) in [6.07, 6.45) is 5.36. The van der Waals surface area contributed by atoms with Crippen molar-refractivity contribution in [3.05, 3.63) is 58.7 Å². The molecular formula is C22H28N4S. The molecule has 1 heterocycles. The van der Waals surface area contributed by atoms with E-state index >= 15 is 0 Å². The number of hydrogen-bond donors (Lipinski definition) is 2. The Morgan fingerprint density at radius 3 is 2.89 bits per heavy atom. The average molecular weight is 381 g/mol. The summed E-state index contributed by atoms with van der Waals surface area (Å²) in [4.78, 5) is 2.49. The number of anilines is 2. The van der Waals surface area contributed by atoms with E-state index < -0.39 is 0 Å². The van der Waals surface area contributed by atoms with Crippen LogP contribution in [0.2, 0.25) is 0 Å². The van der Waals surface area contributed by atoms with Crippen molar-refractivity contribution in [2.24, 2.45) is 5.10 Å². The third-order valence-corrected chi connectivity index (χ3v) is 5.03. The van der Waals surface area contributed by atoms with Gasteiger partial charge in [0.1, 0.15) is 0 Å². The summed E-state index contributed by atoms with van der Waals surface area (Å²) >= 11 is 5.35. The number of rotatable bonds is 5. The fourth-order valence-electron chi connectivity index (χ4n) is 3.46. The van der Waals surface area contributed by atoms with Crippen molar-refractivity contribution in [3.63, 3.8) is 0 Å². The van der Waals surface area contributed by atoms with Crippen LogP contribution in [-0.4, -0.2) is 24.4 Å². The predicted molar refractivity (Wildman–Crippen MR) is 120 cm³/mol. The maximum absolute atomic E-state index is 5.35. The van der Waals surface area contributed by atoms with Gasteiger partial charge in [-0.05, 0) is 85.8 Å². The minimum Gasteiger partial charge on any atom is -0.371 e. The van der Waals surface area contributed by atoms with E-state index in [9.17, 15) is 0 Å². The average Bonchev–Trinajstić information content (AvgIpc) is 2.65. The van der Waals surface area contributed by atoms with E-state index in [2.05, 4.69) is 77.9 Å². The standard InChI is InChI=1S/C22H28N4S/c1-4-11-26-12-5-6-19-14-18(9-10-21(19)26)15-23-25-22(27)24-20-13-16(2)7-8-17(20)3/h7-10,13-15H,4-6,11-12H2,1-3H3,(H2,24,25,27)/b23-15+. The molecule has 2 N–H and O–H groups in total. The molecule has 0 aliphatic carbocycles. The Morgan fingerprint density at radius 1 is 1.22 bits per heavy atom. The van der Waals surface area contributed by atoms with Crippen molar-refractivity contribution in [2.45, 2.75) is 40.0 Å². The second-order valence-corrected chi connectivity index (χ2v) is 7.53. The zero-order valence-corrected chi connectivity index (χ0v) is 17.2. The van der Waals surface area contributed by atoms with Crippen LogP contribution in [0.4, 0.5) is 11.4 Å². The molecule has 27 heavy (non-hydrogen) atoms. The predicted octanol–water partition coefficient (Wildman–Crippen LogP) is 4.79. The van der Waals surface area contributed by atoms with Gasteiger partial charge >= 0.3 is 0 Å². The Hall–Kier alpha value is -2.40. The quantitative estimate of drug-likeness (QED) is 0.445. The number of aryl methyl sites for hydroxylation is 3. The van der Waals surface area contributed by atoms with Crippen LogP contribution in [0.3, 0.4) is 0 Å². The number of thiocarbonyl (C=S) groups is 1. The summed E-state index contributed by atoms with van der Waals surface area (Å²) in [5.74, 6) is 0. The van der Waals surface area contributed by atoms with Gasteiger partial charge in [0.2, 0.25) is 0 Å². The van der Waals surface area contributed by atoms with E-state index in [0.717, 1.165) is 36.3 Å². The molecule has 5 heteroatoms. The monoisotopic (exact) mass is 380 g/mol. The van der Waals surface area contributed by atoms with Gasteiger partial charge < -0.3 is 10.2 Å². The summed E-state index contributed by atoms with van der Waals surface area (Å²) in [7, 11) is 0. The molecule has 2 aromatic carbocycles. The van der Waals surface area contributed by atoms with Gasteiger partial charge in [0, 0.05) is 24.5 Å². The molecule has 0 radical (unpaired) electrons. The zero-order chi connectivity index (χ0) is 19.2. The molecule has 0 fully saturated rings. The first-order valence-electron chi connectivity index (χ1n) is 9.62. The molecule has 0 bridgehead atoms. The first-order valence-corrected chi connectivity index (χ1v) is 10.0. The molecule has 0 atom stereocenters. The molecule has 0 saturated heterocycles. The minimum atomic E-state index is 0.493. The molecule has 0 aromatic heterocycles. The Bertz CT molecular complexity index is 844. The number of fused-ring (bicyclic) bond motifs is 1. The highest BCUT2D eigenvalue weighted by molar-refractivity contribution is 7.80. The molecule has 142 valence electrons. The summed E-state index contributed by atoms with van der Waals surface area (Å²) in [6, 6.07) is 12.8. The van der Waals surface area contributed by atoms with Gasteiger partial charge in [-0.15, -0.1) is 0 Å². The molecule has 1 aliphatic rings. The van der Waals surface area contributed by atoms with Crippen LogP contribution in [0.15, 0.2) is 41.5 Å². The van der Waals surface area contributed by atoms with Crippen LogP contribution >= 0.6 is 12.2 Å². The van der Waals surface area contributed by atoms with Crippen LogP contribution in [0.25, 0.3) is 0 Å². The summed E-state index contributed by atoms with van der Waals surface area (Å²) in [5, 5.41) is 8.00. The van der Waals surface area contributed by atoms with Crippen molar-refractivity contribution in [3.8, 4) is 0 Å². The maximum atomic E-state index is 5.35. The van der Waals surface area contributed by atoms with Gasteiger partial charge in [0.25, 0.3) is 0 Å². The van der Waals surface area contributed by atoms with Crippen LogP contribution in [0.5, 0.6) is 0 Å². The maximum Gasteiger partial charge on any atom is 0.191 e. The van der Waals surface area contributed by atoms with E-state index in [1.165, 1.54) is 29.7 Å². The molecule has 0 amide bonds. The molecule has 1 aliphatic heterocycles. The summed E-state index contributed by atoms with van der Waals surface area (Å²) < 4.78 is 0. The second-order valence-electron chi connectivity index (χ2n) is 7.12. The Labute approximate surface area is 167 Å². The number of benzene rings is 2. The van der Waals surface area contributed by atoms with Gasteiger partial charge in [-0.2, -0.15) is 5.10 Å². The highest BCUT2D eigenvalue weighted by atomic mass is 32.1. The fraction of sp³-hybridized carbons (Fsp3) is 0.364. The number of nitrogens with one attached hydrogen (secondary N) is 2. The fourth-order valence-corrected chi connectivity index (χ4v) is 3.63. The van der Waals surface area contributed by atoms with Gasteiger partial charge in [-0.1, -0.05) is 25.1 Å². The van der Waals surface area contributed by atoms with Crippen LogP contribution < -0.4 is 15.6 Å². The smallest absolute Gasteiger partial charge is 0.191 e. The largest absolute Gasteiger partial charge is 0.371 e. The molecule has 0 saturated carbocycles. The topological polar surface area (TPSA) is 39.7 Å². The summed E-state index contributed by atoms with van der Waals surface area (Å²) in [5.41, 5.74) is 10.1. The highest BCUT2D eigenvalue weighted by Crippen LogP contribution is 2.27. The minimum absolute atomic E-state index is 0.493. The van der Waals surface area contributed by atoms with Crippen molar-refractivity contribution in [2.75, 3.05) is 23.3 Å². The molecule has 2 aromatic rings. The number of nitrogens with zero attached hydrogens (tertiary/aromatic N) is 2. The Balaban J connectivity index is 1.61. The van der Waals surface area contributed by atoms with E-state index in [0.29, 0.717) is 5.11 Å². The number of hydrogen-bond acceptors (Lipinski definition) is 3. The van der Waals surface area contributed by atoms with Crippen LogP contribution in [-0.2, 0) is 6.42 Å². The lowest BCUT2D eigenvalue weighted by Gasteiger charge is -2.31. The zero-order valence-electron chi connectivity index (χ0n) is 16.4. The second kappa shape index (κ2) is 9.00. The molecule has 0 spiro atoms. The third-order valence-electron chi connectivity index (χ3n) is 4.83. The Morgan fingerprint density at radius 2 is 2.07 bits per heavy atom. The van der Waals surface area contributed by atoms with Crippen molar-refractivity contribution < 1.29 is 0 Å². The van der Waals surface area contributed by atoms with Gasteiger partial charge in [-0.3, -0.25) is 5.43 Å². The molecule has 0 unspecified atom stereocenters. The van der Waals surface area contributed by atoms with E-state index in [1.54, 1.807) is 0 Å². The lowest BCUT2D eigenvalue weighted by atomic mass is 9.99. The molecule has 4 nitrogen and oxygen atoms in total. The van der Waals surface area contributed by atoms with Gasteiger partial charge in [0.15, 0.2) is 5.11 Å². The van der Waals surface area contributed by atoms with Crippen molar-refractivity contribution in [1.82, 2.24) is 5.43 Å². The first kappa shape index (κ1) is 19.4. The van der Waals surface area contributed by atoms with Crippen LogP contribution in [0.1, 0.15) is 42.0 Å². The van der Waals surface area contributed by atoms with E-state index in [4.69, 9.17) is 12.2 Å². The lowest BCUT2D eigenvalue weighted by Crippen LogP contribution is -2.30. The van der Waals surface area contributed by atoms with Crippen LogP contribution in [0, 0.1) is 13.8 Å². The van der Waals surface area contributed by atoms with E-state index in [1.807, 2.05) is 6.21 Å². The van der Waals surface area contributed by atoms with Gasteiger partial charge in [-0.25, -0.2) is 0 Å². The SMILES string of the molecule is CCCN1CCCc2cc(/C=N/NC(=S)Nc3cc(C)ccc3C)ccc21. The Kier molecular flexibility index (Phi) is 6.45. The van der Waals surface area contributed by atoms with E-state index in [-0.39, 0.29) is 0 Å². The summed E-state index contributed by atoms with van der Waals surface area (Å²) in [6.45, 7) is 8.64. The normalized spacial score (nSPS) is 13.5. The van der Waals surface area contributed by atoms with Gasteiger partial charge in [0.05, 0.1) is 6.21 Å². The van der Waals surface area contributed by atoms with Crippen molar-refractivity contribution >= 4 is 34.9 Å². The highest BCUT2D eigenvalue weighted by Gasteiger charge is 2.15. The van der Waals surface area contributed by atoms with Crippen molar-refractivity contribution in [1.29, 1.82) is 0 Å².